The van der Waals surface area contributed by atoms with Gasteiger partial charge in [-0.3, -0.25) is 4.79 Å². The van der Waals surface area contributed by atoms with Crippen LogP contribution in [-0.2, 0) is 4.84 Å². The average molecular weight is 756 g/mol. The molecule has 4 aromatic rings. The van der Waals surface area contributed by atoms with Crippen molar-refractivity contribution in [1.29, 1.82) is 0 Å². The lowest BCUT2D eigenvalue weighted by Crippen LogP contribution is -2.38. The van der Waals surface area contributed by atoms with E-state index in [9.17, 15) is 4.79 Å². The average Bonchev–Trinajstić information content (AvgIpc) is 3.72. The lowest BCUT2D eigenvalue weighted by atomic mass is 9.99. The summed E-state index contributed by atoms with van der Waals surface area (Å²) in [5.41, 5.74) is 5.74. The minimum Gasteiger partial charge on any atom is -0.493 e. The molecule has 2 heterocycles. The Morgan fingerprint density at radius 3 is 1.89 bits per heavy atom. The number of oxime groups is 1. The van der Waals surface area contributed by atoms with Gasteiger partial charge in [0, 0.05) is 23.2 Å². The van der Waals surface area contributed by atoms with E-state index in [0.717, 1.165) is 59.3 Å². The van der Waals surface area contributed by atoms with Gasteiger partial charge in [0.05, 0.1) is 67.1 Å². The number of hydrogen-bond acceptors (Lipinski definition) is 12. The topological polar surface area (TPSA) is 137 Å². The maximum Gasteiger partial charge on any atom is 0.255 e. The van der Waals surface area contributed by atoms with Crippen molar-refractivity contribution < 1.29 is 47.5 Å². The first-order valence-corrected chi connectivity index (χ1v) is 18.2. The van der Waals surface area contributed by atoms with Gasteiger partial charge in [0.1, 0.15) is 6.17 Å². The number of unbranched alkanes of at least 4 members (excludes halogenated alkanes) is 3. The summed E-state index contributed by atoms with van der Waals surface area (Å²) in [4.78, 5) is 18.6. The smallest absolute Gasteiger partial charge is 0.255 e. The quantitative estimate of drug-likeness (QED) is 0.0964. The molecular formula is C42H49N3O10. The molecule has 0 aliphatic carbocycles. The van der Waals surface area contributed by atoms with Gasteiger partial charge in [0.15, 0.2) is 40.6 Å². The number of methoxy groups -OCH3 is 6. The predicted octanol–water partition coefficient (Wildman–Crippen LogP) is 7.78. The largest absolute Gasteiger partial charge is 0.493 e. The van der Waals surface area contributed by atoms with Crippen LogP contribution in [0.2, 0.25) is 0 Å². The molecule has 0 bridgehead atoms. The number of hydrogen-bond donors (Lipinski definition) is 2. The minimum absolute atomic E-state index is 0.113. The van der Waals surface area contributed by atoms with Crippen LogP contribution in [0.3, 0.4) is 0 Å². The van der Waals surface area contributed by atoms with Crippen LogP contribution in [0.25, 0.3) is 0 Å². The molecule has 2 aliphatic heterocycles. The Hall–Kier alpha value is -5.98. The first kappa shape index (κ1) is 38.7. The zero-order chi connectivity index (χ0) is 38.9. The number of anilines is 1. The van der Waals surface area contributed by atoms with Crippen LogP contribution < -0.4 is 48.5 Å². The maximum absolute atomic E-state index is 12.7. The number of carbonyl (C=O) groups is 1. The van der Waals surface area contributed by atoms with E-state index in [-0.39, 0.29) is 18.2 Å². The van der Waals surface area contributed by atoms with Crippen LogP contribution in [0.15, 0.2) is 65.8 Å². The molecule has 0 fully saturated rings. The maximum atomic E-state index is 12.7. The highest BCUT2D eigenvalue weighted by atomic mass is 16.6. The second-order valence-electron chi connectivity index (χ2n) is 13.1. The van der Waals surface area contributed by atoms with Crippen molar-refractivity contribution in [3.8, 4) is 46.0 Å². The number of nitrogens with one attached hydrogen (secondary N) is 2. The van der Waals surface area contributed by atoms with Crippen LogP contribution in [0.5, 0.6) is 46.0 Å². The third kappa shape index (κ3) is 8.72. The molecule has 0 saturated carbocycles. The van der Waals surface area contributed by atoms with E-state index < -0.39 is 0 Å². The zero-order valence-corrected chi connectivity index (χ0v) is 32.4. The summed E-state index contributed by atoms with van der Waals surface area (Å²) in [6.07, 6.45) is 3.41. The Morgan fingerprint density at radius 2 is 1.25 bits per heavy atom. The zero-order valence-electron chi connectivity index (χ0n) is 32.4. The van der Waals surface area contributed by atoms with Crippen LogP contribution in [0.1, 0.15) is 77.0 Å². The number of aryl methyl sites for hydroxylation is 1. The van der Waals surface area contributed by atoms with E-state index in [1.807, 2.05) is 67.6 Å². The second kappa shape index (κ2) is 17.9. The minimum atomic E-state index is -0.378. The molecule has 2 N–H and O–H groups in total. The molecule has 4 aromatic carbocycles. The Labute approximate surface area is 321 Å². The van der Waals surface area contributed by atoms with Gasteiger partial charge >= 0.3 is 0 Å². The summed E-state index contributed by atoms with van der Waals surface area (Å²) < 4.78 is 45.8. The van der Waals surface area contributed by atoms with Crippen molar-refractivity contribution in [1.82, 2.24) is 5.32 Å². The highest BCUT2D eigenvalue weighted by Gasteiger charge is 2.29. The Kier molecular flexibility index (Phi) is 12.6. The molecule has 0 radical (unpaired) electrons. The molecule has 13 heteroatoms. The molecule has 2 aliphatic rings. The van der Waals surface area contributed by atoms with Gasteiger partial charge in [-0.05, 0) is 86.7 Å². The number of nitrogens with zero attached hydrogens (tertiary/aromatic N) is 1. The van der Waals surface area contributed by atoms with Crippen molar-refractivity contribution in [3.63, 3.8) is 0 Å². The van der Waals surface area contributed by atoms with Crippen molar-refractivity contribution in [2.75, 3.05) is 61.2 Å². The van der Waals surface area contributed by atoms with Gasteiger partial charge in [-0.15, -0.1) is 0 Å². The summed E-state index contributed by atoms with van der Waals surface area (Å²) in [5.74, 6) is 4.38. The van der Waals surface area contributed by atoms with E-state index in [1.165, 1.54) is 0 Å². The third-order valence-electron chi connectivity index (χ3n) is 9.58. The monoisotopic (exact) mass is 755 g/mol. The van der Waals surface area contributed by atoms with Crippen LogP contribution in [-0.4, -0.2) is 67.5 Å². The molecule has 0 spiro atoms. The first-order chi connectivity index (χ1) is 26.8. The summed E-state index contributed by atoms with van der Waals surface area (Å²) in [5, 5.41) is 10.8. The molecule has 2 unspecified atom stereocenters. The van der Waals surface area contributed by atoms with E-state index in [2.05, 4.69) is 15.8 Å². The molecule has 55 heavy (non-hydrogen) atoms. The van der Waals surface area contributed by atoms with Gasteiger partial charge in [0.2, 0.25) is 11.5 Å². The molecule has 1 amide bonds. The van der Waals surface area contributed by atoms with E-state index >= 15 is 0 Å². The van der Waals surface area contributed by atoms with Crippen molar-refractivity contribution >= 4 is 17.3 Å². The SMILES string of the molecule is COc1cc(C2NC(=O)c3cc(C)ccc3N2)ccc1OCCCCCCOc1c(OC)cc(C2=NOC(c3cc(OC)c(OC)c(OC)c3)C2)cc1OC. The van der Waals surface area contributed by atoms with Gasteiger partial charge in [-0.25, -0.2) is 0 Å². The Balaban J connectivity index is 0.968. The molecule has 292 valence electrons. The number of ether oxygens (including phenoxy) is 8. The molecule has 6 rings (SSSR count). The number of carbonyl (C=O) groups excluding carboxylic acids is 1. The van der Waals surface area contributed by atoms with Crippen LogP contribution >= 0.6 is 0 Å². The normalized spacial score (nSPS) is 15.8. The van der Waals surface area contributed by atoms with E-state index in [4.69, 9.17) is 42.7 Å². The summed E-state index contributed by atoms with van der Waals surface area (Å²) >= 11 is 0. The fraction of sp³-hybridized carbons (Fsp3) is 0.381. The number of rotatable bonds is 18. The molecule has 0 saturated heterocycles. The summed E-state index contributed by atoms with van der Waals surface area (Å²) in [6.45, 7) is 3.00. The van der Waals surface area contributed by atoms with E-state index in [1.54, 1.807) is 42.7 Å². The molecular weight excluding hydrogens is 706 g/mol. The Morgan fingerprint density at radius 1 is 0.636 bits per heavy atom. The van der Waals surface area contributed by atoms with Crippen molar-refractivity contribution in [2.45, 2.75) is 51.3 Å². The van der Waals surface area contributed by atoms with Crippen LogP contribution in [0.4, 0.5) is 5.69 Å². The van der Waals surface area contributed by atoms with Gasteiger partial charge in [0.25, 0.3) is 5.91 Å². The number of benzene rings is 4. The van der Waals surface area contributed by atoms with Gasteiger partial charge in [-0.2, -0.15) is 0 Å². The number of fused-ring (bicyclic) bond motifs is 1. The third-order valence-corrected chi connectivity index (χ3v) is 9.58. The van der Waals surface area contributed by atoms with Crippen molar-refractivity contribution in [2.24, 2.45) is 5.16 Å². The highest BCUT2D eigenvalue weighted by molar-refractivity contribution is 6.03. The predicted molar refractivity (Wildman–Crippen MR) is 208 cm³/mol. The van der Waals surface area contributed by atoms with Gasteiger partial charge in [-0.1, -0.05) is 22.9 Å². The first-order valence-electron chi connectivity index (χ1n) is 18.2. The lowest BCUT2D eigenvalue weighted by Gasteiger charge is -2.28. The van der Waals surface area contributed by atoms with E-state index in [0.29, 0.717) is 71.2 Å². The van der Waals surface area contributed by atoms with Gasteiger partial charge < -0.3 is 53.4 Å². The molecule has 13 nitrogen and oxygen atoms in total. The standard InChI is InChI=1S/C42H49N3O10/c1-25-12-14-30-29(18-25)42(46)44-41(43-30)26-13-15-32(34(19-26)47-2)53-16-10-8-9-11-17-54-40-37(50-5)20-27(21-38(40)51-6)31-24-33(55-45-31)28-22-35(48-3)39(52-7)36(23-28)49-4/h12-15,18-23,33,41,43H,8-11,16-17,24H2,1-7H3,(H,44,46). The second-order valence-corrected chi connectivity index (χ2v) is 13.1. The molecule has 0 aromatic heterocycles. The molecule has 2 atom stereocenters. The van der Waals surface area contributed by atoms with Crippen molar-refractivity contribution in [3.05, 3.63) is 88.5 Å². The summed E-state index contributed by atoms with van der Waals surface area (Å²) in [6, 6.07) is 19.0. The van der Waals surface area contributed by atoms with Crippen LogP contribution in [0, 0.1) is 6.92 Å². The highest BCUT2D eigenvalue weighted by Crippen LogP contribution is 2.44. The number of amides is 1. The summed E-state index contributed by atoms with van der Waals surface area (Å²) in [7, 11) is 9.54. The lowest BCUT2D eigenvalue weighted by molar-refractivity contribution is 0.0853. The Bertz CT molecular complexity index is 1970. The fourth-order valence-corrected chi connectivity index (χ4v) is 6.64. The fourth-order valence-electron chi connectivity index (χ4n) is 6.64.